The number of nitrogen functional groups attached to an aromatic ring is 1. The number of carbonyl (C=O) groups is 1. The molecule has 4 heterocycles. The van der Waals surface area contributed by atoms with Crippen molar-refractivity contribution in [2.45, 2.75) is 6.92 Å². The molecule has 0 unspecified atom stereocenters. The standard InChI is InChI=1S/C27H30N8O2/c1-17-30-22-6-4-19(14-24(22)31-17)35-27(28)21(16-29-35)26(36)25-13-18-3-5-20(15-23(18)32-25)37-12-11-34-9-7-33(2)8-10-34/h3-6,13-16,32H,7-12,28H2,1-2H3,(H,30,31). The van der Waals surface area contributed by atoms with Gasteiger partial charge in [0.15, 0.2) is 0 Å². The molecule has 6 rings (SSSR count). The van der Waals surface area contributed by atoms with Crippen molar-refractivity contribution in [1.82, 2.24) is 34.5 Å². The number of hydrogen-bond acceptors (Lipinski definition) is 7. The van der Waals surface area contributed by atoms with Gasteiger partial charge in [-0.25, -0.2) is 9.67 Å². The second-order valence-electron chi connectivity index (χ2n) is 9.63. The van der Waals surface area contributed by atoms with Crippen molar-refractivity contribution in [3.8, 4) is 11.4 Å². The molecule has 1 saturated heterocycles. The normalized spacial score (nSPS) is 15.1. The number of aryl methyl sites for hydroxylation is 1. The van der Waals surface area contributed by atoms with Gasteiger partial charge in [-0.3, -0.25) is 9.69 Å². The van der Waals surface area contributed by atoms with Gasteiger partial charge in [-0.05, 0) is 50.4 Å². The summed E-state index contributed by atoms with van der Waals surface area (Å²) in [6, 6.07) is 13.4. The van der Waals surface area contributed by atoms with Crippen LogP contribution in [0.5, 0.6) is 5.75 Å². The lowest BCUT2D eigenvalue weighted by Crippen LogP contribution is -2.45. The van der Waals surface area contributed by atoms with Gasteiger partial charge in [0, 0.05) is 49.7 Å². The molecule has 1 aliphatic heterocycles. The molecule has 0 spiro atoms. The summed E-state index contributed by atoms with van der Waals surface area (Å²) in [6.45, 7) is 7.75. The molecular formula is C27H30N8O2. The molecule has 190 valence electrons. The fourth-order valence-electron chi connectivity index (χ4n) is 4.82. The molecule has 10 nitrogen and oxygen atoms in total. The minimum absolute atomic E-state index is 0.214. The Hall–Kier alpha value is -4.15. The molecule has 10 heteroatoms. The van der Waals surface area contributed by atoms with E-state index in [4.69, 9.17) is 10.5 Å². The Balaban J connectivity index is 1.17. The van der Waals surface area contributed by atoms with Crippen molar-refractivity contribution >= 4 is 33.5 Å². The molecule has 1 fully saturated rings. The van der Waals surface area contributed by atoms with Gasteiger partial charge in [0.25, 0.3) is 0 Å². The fourth-order valence-corrected chi connectivity index (χ4v) is 4.82. The van der Waals surface area contributed by atoms with Crippen molar-refractivity contribution in [2.24, 2.45) is 0 Å². The average Bonchev–Trinajstić information content (AvgIpc) is 3.59. The largest absolute Gasteiger partial charge is 0.492 e. The van der Waals surface area contributed by atoms with Crippen LogP contribution in [0.2, 0.25) is 0 Å². The predicted octanol–water partition coefficient (Wildman–Crippen LogP) is 2.98. The molecule has 0 amide bonds. The van der Waals surface area contributed by atoms with E-state index in [1.165, 1.54) is 6.20 Å². The molecular weight excluding hydrogens is 468 g/mol. The number of anilines is 1. The van der Waals surface area contributed by atoms with Gasteiger partial charge in [0.2, 0.25) is 5.78 Å². The van der Waals surface area contributed by atoms with Crippen LogP contribution in [0.4, 0.5) is 5.82 Å². The Morgan fingerprint density at radius 3 is 2.73 bits per heavy atom. The van der Waals surface area contributed by atoms with Crippen LogP contribution in [0.3, 0.4) is 0 Å². The molecule has 0 atom stereocenters. The number of piperazine rings is 1. The van der Waals surface area contributed by atoms with Crippen molar-refractivity contribution in [1.29, 1.82) is 0 Å². The molecule has 3 aromatic heterocycles. The van der Waals surface area contributed by atoms with E-state index in [1.807, 2.05) is 49.4 Å². The first kappa shape index (κ1) is 23.3. The van der Waals surface area contributed by atoms with Crippen LogP contribution in [0.1, 0.15) is 21.9 Å². The van der Waals surface area contributed by atoms with E-state index >= 15 is 0 Å². The van der Waals surface area contributed by atoms with Gasteiger partial charge in [0.1, 0.15) is 24.0 Å². The van der Waals surface area contributed by atoms with Crippen molar-refractivity contribution in [3.05, 3.63) is 65.7 Å². The first-order chi connectivity index (χ1) is 17.9. The van der Waals surface area contributed by atoms with Crippen LogP contribution in [0.25, 0.3) is 27.6 Å². The number of nitrogens with zero attached hydrogens (tertiary/aromatic N) is 5. The highest BCUT2D eigenvalue weighted by molar-refractivity contribution is 6.12. The summed E-state index contributed by atoms with van der Waals surface area (Å²) in [7, 11) is 2.15. The summed E-state index contributed by atoms with van der Waals surface area (Å²) in [4.78, 5) is 29.0. The van der Waals surface area contributed by atoms with Crippen LogP contribution in [0.15, 0.2) is 48.7 Å². The number of aromatic nitrogens is 5. The van der Waals surface area contributed by atoms with E-state index in [1.54, 1.807) is 4.68 Å². The predicted molar refractivity (Wildman–Crippen MR) is 144 cm³/mol. The number of nitrogens with two attached hydrogens (primary N) is 1. The zero-order chi connectivity index (χ0) is 25.5. The number of imidazole rings is 1. The third-order valence-electron chi connectivity index (χ3n) is 6.99. The highest BCUT2D eigenvalue weighted by atomic mass is 16.5. The van der Waals surface area contributed by atoms with Crippen LogP contribution < -0.4 is 10.5 Å². The third kappa shape index (κ3) is 4.56. The number of carbonyl (C=O) groups excluding carboxylic acids is 1. The Kier molecular flexibility index (Phi) is 5.90. The van der Waals surface area contributed by atoms with Crippen molar-refractivity contribution in [2.75, 3.05) is 52.1 Å². The van der Waals surface area contributed by atoms with Crippen molar-refractivity contribution < 1.29 is 9.53 Å². The first-order valence-electron chi connectivity index (χ1n) is 12.5. The first-order valence-corrected chi connectivity index (χ1v) is 12.5. The number of H-pyrrole nitrogens is 2. The van der Waals surface area contributed by atoms with E-state index in [0.29, 0.717) is 17.9 Å². The summed E-state index contributed by atoms with van der Waals surface area (Å²) in [5, 5.41) is 5.31. The second kappa shape index (κ2) is 9.38. The quantitative estimate of drug-likeness (QED) is 0.295. The number of benzene rings is 2. The highest BCUT2D eigenvalue weighted by Crippen LogP contribution is 2.26. The highest BCUT2D eigenvalue weighted by Gasteiger charge is 2.20. The SMILES string of the molecule is Cc1nc2cc(-n3ncc(C(=O)c4cc5ccc(OCCN6CCN(C)CC6)cc5[nH]4)c3N)ccc2[nH]1. The third-order valence-corrected chi connectivity index (χ3v) is 6.99. The van der Waals surface area contributed by atoms with Crippen LogP contribution >= 0.6 is 0 Å². The summed E-state index contributed by atoms with van der Waals surface area (Å²) < 4.78 is 7.56. The lowest BCUT2D eigenvalue weighted by Gasteiger charge is -2.32. The zero-order valence-electron chi connectivity index (χ0n) is 21.0. The van der Waals surface area contributed by atoms with Gasteiger partial charge < -0.3 is 25.3 Å². The smallest absolute Gasteiger partial charge is 0.214 e. The summed E-state index contributed by atoms with van der Waals surface area (Å²) in [6.07, 6.45) is 1.51. The van der Waals surface area contributed by atoms with Crippen molar-refractivity contribution in [3.63, 3.8) is 0 Å². The number of likely N-dealkylation sites (N-methyl/N-ethyl adjacent to an activating group) is 1. The number of ether oxygens (including phenoxy) is 1. The summed E-state index contributed by atoms with van der Waals surface area (Å²) in [5.41, 5.74) is 10.5. The van der Waals surface area contributed by atoms with Gasteiger partial charge in [0.05, 0.1) is 34.2 Å². The molecule has 4 N–H and O–H groups in total. The Morgan fingerprint density at radius 1 is 1.05 bits per heavy atom. The zero-order valence-corrected chi connectivity index (χ0v) is 21.0. The minimum Gasteiger partial charge on any atom is -0.492 e. The number of rotatable bonds is 7. The number of ketones is 1. The van der Waals surface area contributed by atoms with Gasteiger partial charge in [-0.2, -0.15) is 5.10 Å². The minimum atomic E-state index is -0.214. The summed E-state index contributed by atoms with van der Waals surface area (Å²) in [5.74, 6) is 1.68. The lowest BCUT2D eigenvalue weighted by atomic mass is 10.1. The Labute approximate surface area is 214 Å². The number of fused-ring (bicyclic) bond motifs is 2. The van der Waals surface area contributed by atoms with E-state index in [9.17, 15) is 4.79 Å². The maximum atomic E-state index is 13.3. The van der Waals surface area contributed by atoms with E-state index < -0.39 is 0 Å². The van der Waals surface area contributed by atoms with Crippen LogP contribution in [-0.4, -0.2) is 86.7 Å². The van der Waals surface area contributed by atoms with E-state index in [0.717, 1.165) is 71.9 Å². The molecule has 2 aromatic carbocycles. The van der Waals surface area contributed by atoms with Crippen LogP contribution in [0, 0.1) is 6.92 Å². The molecule has 0 aliphatic carbocycles. The maximum Gasteiger partial charge on any atom is 0.214 e. The van der Waals surface area contributed by atoms with Crippen LogP contribution in [-0.2, 0) is 0 Å². The van der Waals surface area contributed by atoms with Gasteiger partial charge in [-0.15, -0.1) is 0 Å². The number of hydrogen-bond donors (Lipinski definition) is 3. The van der Waals surface area contributed by atoms with E-state index in [-0.39, 0.29) is 11.6 Å². The lowest BCUT2D eigenvalue weighted by molar-refractivity contribution is 0.103. The fraction of sp³-hybridized carbons (Fsp3) is 0.296. The maximum absolute atomic E-state index is 13.3. The number of aromatic amines is 2. The topological polar surface area (TPSA) is 121 Å². The Morgan fingerprint density at radius 2 is 1.89 bits per heavy atom. The molecule has 0 radical (unpaired) electrons. The average molecular weight is 499 g/mol. The van der Waals surface area contributed by atoms with Gasteiger partial charge >= 0.3 is 0 Å². The second-order valence-corrected chi connectivity index (χ2v) is 9.63. The number of nitrogens with one attached hydrogen (secondary N) is 2. The molecule has 37 heavy (non-hydrogen) atoms. The van der Waals surface area contributed by atoms with Gasteiger partial charge in [-0.1, -0.05) is 0 Å². The summed E-state index contributed by atoms with van der Waals surface area (Å²) >= 11 is 0. The van der Waals surface area contributed by atoms with E-state index in [2.05, 4.69) is 36.9 Å². The monoisotopic (exact) mass is 498 g/mol. The Bertz CT molecular complexity index is 1590. The molecule has 0 saturated carbocycles. The molecule has 1 aliphatic rings. The molecule has 0 bridgehead atoms. The molecule has 5 aromatic rings.